The van der Waals surface area contributed by atoms with E-state index in [-0.39, 0.29) is 23.5 Å². The van der Waals surface area contributed by atoms with E-state index in [1.807, 2.05) is 55.5 Å². The van der Waals surface area contributed by atoms with Crippen LogP contribution >= 0.6 is 22.9 Å². The van der Waals surface area contributed by atoms with Crippen LogP contribution in [-0.2, 0) is 16.4 Å². The number of fused-ring (bicyclic) bond motifs is 1. The van der Waals surface area contributed by atoms with Crippen molar-refractivity contribution in [3.05, 3.63) is 69.6 Å². The largest absolute Gasteiger partial charge is 0.330 e. The molecule has 0 aliphatic carbocycles. The van der Waals surface area contributed by atoms with E-state index in [9.17, 15) is 13.2 Å². The number of carbonyl (C=O) groups is 1. The SMILES string of the molecule is Cc1ccc2c(Cl)c(C(=O)N(Cc3ccccc3)[C@H]3CCS(=O)(=O)C3)sc2c1. The van der Waals surface area contributed by atoms with Gasteiger partial charge in [-0.3, -0.25) is 4.79 Å². The fourth-order valence-corrected chi connectivity index (χ4v) is 6.91. The second-order valence-electron chi connectivity index (χ2n) is 7.22. The van der Waals surface area contributed by atoms with Gasteiger partial charge in [-0.2, -0.15) is 0 Å². The standard InChI is InChI=1S/C21H20ClNO3S2/c1-14-7-8-17-18(11-14)27-20(19(17)22)21(24)23(12-15-5-3-2-4-6-15)16-9-10-28(25,26)13-16/h2-8,11,16H,9-10,12-13H2,1H3/t16-/m0/s1. The molecule has 0 unspecified atom stereocenters. The van der Waals surface area contributed by atoms with E-state index >= 15 is 0 Å². The highest BCUT2D eigenvalue weighted by molar-refractivity contribution is 7.91. The van der Waals surface area contributed by atoms with Crippen molar-refractivity contribution in [1.29, 1.82) is 0 Å². The van der Waals surface area contributed by atoms with Crippen molar-refractivity contribution in [2.45, 2.75) is 25.9 Å². The fourth-order valence-electron chi connectivity index (χ4n) is 3.61. The zero-order valence-corrected chi connectivity index (χ0v) is 17.8. The van der Waals surface area contributed by atoms with Gasteiger partial charge >= 0.3 is 0 Å². The number of nitrogens with zero attached hydrogens (tertiary/aromatic N) is 1. The molecule has 0 bridgehead atoms. The van der Waals surface area contributed by atoms with Crippen molar-refractivity contribution in [3.8, 4) is 0 Å². The summed E-state index contributed by atoms with van der Waals surface area (Å²) >= 11 is 7.93. The van der Waals surface area contributed by atoms with Gasteiger partial charge in [-0.15, -0.1) is 11.3 Å². The Labute approximate surface area is 173 Å². The lowest BCUT2D eigenvalue weighted by atomic mass is 10.1. The lowest BCUT2D eigenvalue weighted by Crippen LogP contribution is -2.40. The van der Waals surface area contributed by atoms with E-state index in [4.69, 9.17) is 11.6 Å². The summed E-state index contributed by atoms with van der Waals surface area (Å²) in [5.41, 5.74) is 2.07. The van der Waals surface area contributed by atoms with Gasteiger partial charge in [-0.1, -0.05) is 54.1 Å². The summed E-state index contributed by atoms with van der Waals surface area (Å²) in [6.45, 7) is 2.36. The first-order valence-corrected chi connectivity index (χ1v) is 12.1. The van der Waals surface area contributed by atoms with Crippen molar-refractivity contribution < 1.29 is 13.2 Å². The number of benzene rings is 2. The normalized spacial score (nSPS) is 18.4. The molecule has 7 heteroatoms. The van der Waals surface area contributed by atoms with Crippen molar-refractivity contribution in [3.63, 3.8) is 0 Å². The Balaban J connectivity index is 1.73. The average molecular weight is 434 g/mol. The predicted molar refractivity (Wildman–Crippen MR) is 115 cm³/mol. The van der Waals surface area contributed by atoms with Gasteiger partial charge in [0, 0.05) is 22.7 Å². The van der Waals surface area contributed by atoms with Crippen LogP contribution in [0.1, 0.15) is 27.2 Å². The maximum absolute atomic E-state index is 13.5. The van der Waals surface area contributed by atoms with E-state index in [1.54, 1.807) is 4.90 Å². The van der Waals surface area contributed by atoms with Crippen LogP contribution in [0.2, 0.25) is 5.02 Å². The molecule has 0 spiro atoms. The van der Waals surface area contributed by atoms with Crippen LogP contribution < -0.4 is 0 Å². The Morgan fingerprint density at radius 2 is 1.96 bits per heavy atom. The molecule has 1 fully saturated rings. The number of hydrogen-bond donors (Lipinski definition) is 0. The maximum Gasteiger partial charge on any atom is 0.266 e. The molecule has 0 radical (unpaired) electrons. The molecular weight excluding hydrogens is 414 g/mol. The molecule has 28 heavy (non-hydrogen) atoms. The van der Waals surface area contributed by atoms with Crippen molar-refractivity contribution in [2.75, 3.05) is 11.5 Å². The number of thiophene rings is 1. The third-order valence-electron chi connectivity index (χ3n) is 5.08. The summed E-state index contributed by atoms with van der Waals surface area (Å²) < 4.78 is 25.0. The number of carbonyl (C=O) groups excluding carboxylic acids is 1. The molecular formula is C21H20ClNO3S2. The monoisotopic (exact) mass is 433 g/mol. The van der Waals surface area contributed by atoms with Gasteiger partial charge in [0.1, 0.15) is 4.88 Å². The molecule has 0 N–H and O–H groups in total. The summed E-state index contributed by atoms with van der Waals surface area (Å²) in [6, 6.07) is 15.2. The smallest absolute Gasteiger partial charge is 0.266 e. The first kappa shape index (κ1) is 19.4. The third kappa shape index (κ3) is 3.81. The molecule has 2 heterocycles. The second kappa shape index (κ2) is 7.50. The molecule has 4 nitrogen and oxygen atoms in total. The molecule has 1 amide bonds. The van der Waals surface area contributed by atoms with Gasteiger partial charge in [0.2, 0.25) is 0 Å². The van der Waals surface area contributed by atoms with E-state index in [0.29, 0.717) is 22.9 Å². The Bertz CT molecular complexity index is 1140. The van der Waals surface area contributed by atoms with Gasteiger partial charge < -0.3 is 4.90 Å². The quantitative estimate of drug-likeness (QED) is 0.599. The molecule has 2 aromatic carbocycles. The molecule has 4 rings (SSSR count). The first-order valence-electron chi connectivity index (χ1n) is 9.08. The number of amides is 1. The lowest BCUT2D eigenvalue weighted by molar-refractivity contribution is 0.0686. The third-order valence-corrected chi connectivity index (χ3v) is 8.48. The summed E-state index contributed by atoms with van der Waals surface area (Å²) in [5.74, 6) is -0.0715. The van der Waals surface area contributed by atoms with E-state index < -0.39 is 9.84 Å². The zero-order valence-electron chi connectivity index (χ0n) is 15.4. The van der Waals surface area contributed by atoms with Crippen LogP contribution in [0.5, 0.6) is 0 Å². The fraction of sp³-hybridized carbons (Fsp3) is 0.286. The van der Waals surface area contributed by atoms with E-state index in [2.05, 4.69) is 0 Å². The summed E-state index contributed by atoms with van der Waals surface area (Å²) in [6.07, 6.45) is 0.461. The van der Waals surface area contributed by atoms with Gasteiger partial charge in [0.25, 0.3) is 5.91 Å². The summed E-state index contributed by atoms with van der Waals surface area (Å²) in [4.78, 5) is 15.6. The number of rotatable bonds is 4. The highest BCUT2D eigenvalue weighted by Gasteiger charge is 2.36. The lowest BCUT2D eigenvalue weighted by Gasteiger charge is -2.28. The molecule has 0 saturated carbocycles. The average Bonchev–Trinajstić information content (AvgIpc) is 3.19. The predicted octanol–water partition coefficient (Wildman–Crippen LogP) is 4.69. The van der Waals surface area contributed by atoms with Crippen molar-refractivity contribution in [1.82, 2.24) is 4.90 Å². The summed E-state index contributed by atoms with van der Waals surface area (Å²) in [5, 5.41) is 1.31. The van der Waals surface area contributed by atoms with Crippen LogP contribution in [0.3, 0.4) is 0 Å². The molecule has 1 saturated heterocycles. The Kier molecular flexibility index (Phi) is 5.21. The van der Waals surface area contributed by atoms with Crippen LogP contribution in [0.15, 0.2) is 48.5 Å². The molecule has 1 aliphatic heterocycles. The Morgan fingerprint density at radius 3 is 2.64 bits per heavy atom. The highest BCUT2D eigenvalue weighted by atomic mass is 35.5. The molecule has 1 aliphatic rings. The summed E-state index contributed by atoms with van der Waals surface area (Å²) in [7, 11) is -3.11. The number of aryl methyl sites for hydroxylation is 1. The van der Waals surface area contributed by atoms with E-state index in [0.717, 1.165) is 21.2 Å². The topological polar surface area (TPSA) is 54.5 Å². The number of sulfone groups is 1. The van der Waals surface area contributed by atoms with Crippen molar-refractivity contribution >= 4 is 48.8 Å². The second-order valence-corrected chi connectivity index (χ2v) is 10.9. The minimum atomic E-state index is -3.11. The Hall–Kier alpha value is -1.89. The minimum absolute atomic E-state index is 0.00714. The van der Waals surface area contributed by atoms with Crippen molar-refractivity contribution in [2.24, 2.45) is 0 Å². The maximum atomic E-state index is 13.5. The molecule has 1 aromatic heterocycles. The van der Waals surface area contributed by atoms with Crippen LogP contribution in [0, 0.1) is 6.92 Å². The zero-order chi connectivity index (χ0) is 19.9. The van der Waals surface area contributed by atoms with Gasteiger partial charge in [-0.05, 0) is 30.5 Å². The van der Waals surface area contributed by atoms with Gasteiger partial charge in [0.05, 0.1) is 16.5 Å². The van der Waals surface area contributed by atoms with Crippen LogP contribution in [0.4, 0.5) is 0 Å². The highest BCUT2D eigenvalue weighted by Crippen LogP contribution is 2.37. The number of halogens is 1. The van der Waals surface area contributed by atoms with Crippen LogP contribution in [0.25, 0.3) is 10.1 Å². The number of hydrogen-bond acceptors (Lipinski definition) is 4. The molecule has 1 atom stereocenters. The van der Waals surface area contributed by atoms with Gasteiger partial charge in [0.15, 0.2) is 9.84 Å². The molecule has 3 aromatic rings. The van der Waals surface area contributed by atoms with Gasteiger partial charge in [-0.25, -0.2) is 8.42 Å². The molecule has 146 valence electrons. The Morgan fingerprint density at radius 1 is 1.21 bits per heavy atom. The van der Waals surface area contributed by atoms with Crippen LogP contribution in [-0.4, -0.2) is 36.8 Å². The van der Waals surface area contributed by atoms with E-state index in [1.165, 1.54) is 11.3 Å². The first-order chi connectivity index (χ1) is 13.3. The minimum Gasteiger partial charge on any atom is -0.330 e.